The minimum atomic E-state index is 0.815. The standard InChI is InChI=1S/C14H11BrN2S/c1-8-3-2-4-10(13(8)16)14-17-11-6-5-9(15)7-12(11)18-14/h2-7H,16H2,1H3. The highest BCUT2D eigenvalue weighted by atomic mass is 79.9. The van der Waals surface area contributed by atoms with Gasteiger partial charge in [0, 0.05) is 15.7 Å². The number of fused-ring (bicyclic) bond motifs is 1. The van der Waals surface area contributed by atoms with Crippen molar-refractivity contribution in [2.24, 2.45) is 0 Å². The fourth-order valence-corrected chi connectivity index (χ4v) is 3.44. The van der Waals surface area contributed by atoms with Crippen LogP contribution < -0.4 is 5.73 Å². The summed E-state index contributed by atoms with van der Waals surface area (Å²) >= 11 is 5.14. The van der Waals surface area contributed by atoms with E-state index in [4.69, 9.17) is 5.73 Å². The van der Waals surface area contributed by atoms with Gasteiger partial charge in [0.05, 0.1) is 10.2 Å². The molecule has 18 heavy (non-hydrogen) atoms. The predicted molar refractivity (Wildman–Crippen MR) is 81.9 cm³/mol. The summed E-state index contributed by atoms with van der Waals surface area (Å²) in [5.74, 6) is 0. The maximum Gasteiger partial charge on any atom is 0.126 e. The monoisotopic (exact) mass is 318 g/mol. The van der Waals surface area contributed by atoms with Crippen LogP contribution in [0.5, 0.6) is 0 Å². The van der Waals surface area contributed by atoms with Gasteiger partial charge in [-0.3, -0.25) is 0 Å². The van der Waals surface area contributed by atoms with Gasteiger partial charge in [-0.2, -0.15) is 0 Å². The molecular formula is C14H11BrN2S. The van der Waals surface area contributed by atoms with Crippen LogP contribution in [0.15, 0.2) is 40.9 Å². The number of aryl methyl sites for hydroxylation is 1. The van der Waals surface area contributed by atoms with Crippen LogP contribution in [0.4, 0.5) is 5.69 Å². The van der Waals surface area contributed by atoms with E-state index in [1.807, 2.05) is 37.3 Å². The summed E-state index contributed by atoms with van der Waals surface area (Å²) in [6.45, 7) is 2.02. The number of anilines is 1. The molecule has 90 valence electrons. The summed E-state index contributed by atoms with van der Waals surface area (Å²) in [6.07, 6.45) is 0. The van der Waals surface area contributed by atoms with Gasteiger partial charge in [0.1, 0.15) is 5.01 Å². The van der Waals surface area contributed by atoms with Crippen LogP contribution in [-0.2, 0) is 0 Å². The van der Waals surface area contributed by atoms with Gasteiger partial charge >= 0.3 is 0 Å². The molecule has 0 atom stereocenters. The van der Waals surface area contributed by atoms with Gasteiger partial charge in [0.2, 0.25) is 0 Å². The van der Waals surface area contributed by atoms with Crippen molar-refractivity contribution in [3.8, 4) is 10.6 Å². The Bertz CT molecular complexity index is 734. The fraction of sp³-hybridized carbons (Fsp3) is 0.0714. The fourth-order valence-electron chi connectivity index (χ4n) is 1.88. The Balaban J connectivity index is 2.22. The second-order valence-electron chi connectivity index (χ2n) is 4.17. The van der Waals surface area contributed by atoms with Gasteiger partial charge in [0.25, 0.3) is 0 Å². The van der Waals surface area contributed by atoms with Gasteiger partial charge in [-0.1, -0.05) is 28.1 Å². The van der Waals surface area contributed by atoms with E-state index in [1.165, 1.54) is 4.70 Å². The molecule has 0 bridgehead atoms. The number of halogens is 1. The molecule has 3 rings (SSSR count). The van der Waals surface area contributed by atoms with Crippen LogP contribution in [0.3, 0.4) is 0 Å². The number of nitrogen functional groups attached to an aromatic ring is 1. The van der Waals surface area contributed by atoms with E-state index in [1.54, 1.807) is 11.3 Å². The SMILES string of the molecule is Cc1cccc(-c2nc3ccc(Br)cc3s2)c1N. The summed E-state index contributed by atoms with van der Waals surface area (Å²) < 4.78 is 2.24. The first-order valence-corrected chi connectivity index (χ1v) is 7.17. The molecule has 2 nitrogen and oxygen atoms in total. The Hall–Kier alpha value is -1.39. The molecule has 0 spiro atoms. The van der Waals surface area contributed by atoms with Crippen LogP contribution >= 0.6 is 27.3 Å². The number of nitrogens with two attached hydrogens (primary N) is 1. The summed E-state index contributed by atoms with van der Waals surface area (Å²) in [7, 11) is 0. The molecule has 0 saturated heterocycles. The van der Waals surface area contributed by atoms with Gasteiger partial charge < -0.3 is 5.73 Å². The minimum Gasteiger partial charge on any atom is -0.398 e. The zero-order chi connectivity index (χ0) is 12.7. The molecular weight excluding hydrogens is 308 g/mol. The molecule has 1 heterocycles. The highest BCUT2D eigenvalue weighted by molar-refractivity contribution is 9.10. The largest absolute Gasteiger partial charge is 0.398 e. The predicted octanol–water partition coefficient (Wildman–Crippen LogP) is 4.62. The van der Waals surface area contributed by atoms with Gasteiger partial charge in [-0.15, -0.1) is 11.3 Å². The molecule has 0 saturated carbocycles. The molecule has 0 radical (unpaired) electrons. The molecule has 0 aliphatic carbocycles. The molecule has 4 heteroatoms. The zero-order valence-electron chi connectivity index (χ0n) is 9.77. The van der Waals surface area contributed by atoms with Crippen molar-refractivity contribution >= 4 is 43.2 Å². The number of aromatic nitrogens is 1. The number of hydrogen-bond donors (Lipinski definition) is 1. The number of nitrogens with zero attached hydrogens (tertiary/aromatic N) is 1. The van der Waals surface area contributed by atoms with Gasteiger partial charge in [-0.05, 0) is 36.8 Å². The zero-order valence-corrected chi connectivity index (χ0v) is 12.2. The van der Waals surface area contributed by atoms with Gasteiger partial charge in [-0.25, -0.2) is 4.98 Å². The Kier molecular flexibility index (Phi) is 2.84. The Morgan fingerprint density at radius 3 is 2.89 bits per heavy atom. The van der Waals surface area contributed by atoms with Crippen LogP contribution in [0.1, 0.15) is 5.56 Å². The lowest BCUT2D eigenvalue weighted by molar-refractivity contribution is 1.43. The summed E-state index contributed by atoms with van der Waals surface area (Å²) in [5, 5.41) is 0.976. The molecule has 0 aliphatic rings. The Morgan fingerprint density at radius 2 is 2.06 bits per heavy atom. The first-order chi connectivity index (χ1) is 8.65. The van der Waals surface area contributed by atoms with E-state index in [9.17, 15) is 0 Å². The van der Waals surface area contributed by atoms with E-state index in [-0.39, 0.29) is 0 Å². The molecule has 0 amide bonds. The number of benzene rings is 2. The number of thiazole rings is 1. The van der Waals surface area contributed by atoms with Crippen LogP contribution in [0, 0.1) is 6.92 Å². The van der Waals surface area contributed by atoms with Crippen LogP contribution in [0.2, 0.25) is 0 Å². The average Bonchev–Trinajstić information content (AvgIpc) is 2.75. The van der Waals surface area contributed by atoms with Crippen molar-refractivity contribution in [1.82, 2.24) is 4.98 Å². The van der Waals surface area contributed by atoms with E-state index in [0.29, 0.717) is 0 Å². The molecule has 2 N–H and O–H groups in total. The summed E-state index contributed by atoms with van der Waals surface area (Å²) in [5.41, 5.74) is 10.1. The third kappa shape index (κ3) is 1.91. The lowest BCUT2D eigenvalue weighted by Crippen LogP contribution is -1.92. The smallest absolute Gasteiger partial charge is 0.126 e. The van der Waals surface area contributed by atoms with Crippen LogP contribution in [0.25, 0.3) is 20.8 Å². The molecule has 0 unspecified atom stereocenters. The molecule has 2 aromatic carbocycles. The Morgan fingerprint density at radius 1 is 1.22 bits per heavy atom. The quantitative estimate of drug-likeness (QED) is 0.665. The summed E-state index contributed by atoms with van der Waals surface area (Å²) in [4.78, 5) is 4.64. The molecule has 0 fully saturated rings. The van der Waals surface area contributed by atoms with Crippen molar-refractivity contribution in [3.63, 3.8) is 0 Å². The maximum absolute atomic E-state index is 6.12. The van der Waals surface area contributed by atoms with Crippen LogP contribution in [-0.4, -0.2) is 4.98 Å². The molecule has 1 aromatic heterocycles. The normalized spacial score (nSPS) is 11.0. The molecule has 0 aliphatic heterocycles. The lowest BCUT2D eigenvalue weighted by atomic mass is 10.1. The lowest BCUT2D eigenvalue weighted by Gasteiger charge is -2.04. The van der Waals surface area contributed by atoms with Crippen molar-refractivity contribution in [1.29, 1.82) is 0 Å². The van der Waals surface area contributed by atoms with E-state index < -0.39 is 0 Å². The van der Waals surface area contributed by atoms with Crippen molar-refractivity contribution < 1.29 is 0 Å². The number of hydrogen-bond acceptors (Lipinski definition) is 3. The third-order valence-electron chi connectivity index (χ3n) is 2.91. The summed E-state index contributed by atoms with van der Waals surface area (Å²) in [6, 6.07) is 12.2. The first-order valence-electron chi connectivity index (χ1n) is 5.57. The van der Waals surface area contributed by atoms with Crippen molar-refractivity contribution in [2.45, 2.75) is 6.92 Å². The maximum atomic E-state index is 6.12. The minimum absolute atomic E-state index is 0.815. The highest BCUT2D eigenvalue weighted by Crippen LogP contribution is 2.35. The Labute approximate surface area is 118 Å². The average molecular weight is 319 g/mol. The van der Waals surface area contributed by atoms with E-state index in [2.05, 4.69) is 27.0 Å². The van der Waals surface area contributed by atoms with Crippen molar-refractivity contribution in [2.75, 3.05) is 5.73 Å². The third-order valence-corrected chi connectivity index (χ3v) is 4.45. The van der Waals surface area contributed by atoms with Gasteiger partial charge in [0.15, 0.2) is 0 Å². The topological polar surface area (TPSA) is 38.9 Å². The second kappa shape index (κ2) is 4.37. The first kappa shape index (κ1) is 11.7. The van der Waals surface area contributed by atoms with Crippen molar-refractivity contribution in [3.05, 3.63) is 46.4 Å². The van der Waals surface area contributed by atoms with E-state index in [0.717, 1.165) is 31.8 Å². The second-order valence-corrected chi connectivity index (χ2v) is 6.11. The molecule has 3 aromatic rings. The van der Waals surface area contributed by atoms with E-state index >= 15 is 0 Å². The highest BCUT2D eigenvalue weighted by Gasteiger charge is 2.10. The number of para-hydroxylation sites is 1. The number of rotatable bonds is 1.